The molecule has 0 radical (unpaired) electrons. The van der Waals surface area contributed by atoms with Gasteiger partial charge in [0.05, 0.1) is 6.61 Å². The summed E-state index contributed by atoms with van der Waals surface area (Å²) >= 11 is 0. The second kappa shape index (κ2) is 9.11. The Bertz CT molecular complexity index is 665. The van der Waals surface area contributed by atoms with Gasteiger partial charge in [-0.15, -0.1) is 0 Å². The van der Waals surface area contributed by atoms with Crippen molar-refractivity contribution >= 4 is 12.1 Å². The van der Waals surface area contributed by atoms with Gasteiger partial charge in [0.15, 0.2) is 6.10 Å². The first-order chi connectivity index (χ1) is 12.7. The maximum Gasteiger partial charge on any atom is 0.407 e. The Kier molecular flexibility index (Phi) is 7.11. The van der Waals surface area contributed by atoms with E-state index in [9.17, 15) is 9.59 Å². The van der Waals surface area contributed by atoms with Crippen molar-refractivity contribution in [1.29, 1.82) is 0 Å². The van der Waals surface area contributed by atoms with Gasteiger partial charge in [-0.1, -0.05) is 12.1 Å². The zero-order chi connectivity index (χ0) is 20.0. The molecule has 1 unspecified atom stereocenters. The monoisotopic (exact) mass is 377 g/mol. The van der Waals surface area contributed by atoms with Crippen LogP contribution in [0.4, 0.5) is 4.79 Å². The number of aryl methyl sites for hydroxylation is 1. The maximum atomic E-state index is 11.9. The molecule has 0 aromatic heterocycles. The van der Waals surface area contributed by atoms with Crippen molar-refractivity contribution in [2.45, 2.75) is 65.6 Å². The molecule has 27 heavy (non-hydrogen) atoms. The molecule has 1 aliphatic carbocycles. The molecule has 0 fully saturated rings. The van der Waals surface area contributed by atoms with E-state index < -0.39 is 17.8 Å². The molecule has 2 rings (SSSR count). The van der Waals surface area contributed by atoms with Crippen LogP contribution in [-0.4, -0.2) is 36.9 Å². The van der Waals surface area contributed by atoms with Gasteiger partial charge in [-0.25, -0.2) is 9.59 Å². The van der Waals surface area contributed by atoms with Crippen molar-refractivity contribution < 1.29 is 23.8 Å². The Hall–Kier alpha value is -2.24. The average molecular weight is 377 g/mol. The number of esters is 1. The SMILES string of the molecule is CCOC(=O)[C@@H](C)Oc1cccc2c1CC(CNC(=O)OC(C)(C)C)CC2. The molecule has 0 heterocycles. The van der Waals surface area contributed by atoms with Crippen LogP contribution in [0.5, 0.6) is 5.75 Å². The Morgan fingerprint density at radius 1 is 1.30 bits per heavy atom. The van der Waals surface area contributed by atoms with Crippen molar-refractivity contribution in [3.8, 4) is 5.75 Å². The van der Waals surface area contributed by atoms with Crippen molar-refractivity contribution in [2.75, 3.05) is 13.2 Å². The van der Waals surface area contributed by atoms with E-state index in [-0.39, 0.29) is 5.97 Å². The molecule has 1 N–H and O–H groups in total. The van der Waals surface area contributed by atoms with Crippen LogP contribution in [-0.2, 0) is 27.1 Å². The lowest BCUT2D eigenvalue weighted by Crippen LogP contribution is -2.36. The minimum absolute atomic E-state index is 0.299. The molecule has 150 valence electrons. The van der Waals surface area contributed by atoms with Gasteiger partial charge in [-0.3, -0.25) is 0 Å². The van der Waals surface area contributed by atoms with E-state index in [1.165, 1.54) is 5.56 Å². The summed E-state index contributed by atoms with van der Waals surface area (Å²) in [5.74, 6) is 0.650. The Morgan fingerprint density at radius 3 is 2.70 bits per heavy atom. The predicted octanol–water partition coefficient (Wildman–Crippen LogP) is 3.65. The summed E-state index contributed by atoms with van der Waals surface area (Å²) in [5.41, 5.74) is 1.83. The van der Waals surface area contributed by atoms with E-state index in [1.54, 1.807) is 13.8 Å². The summed E-state index contributed by atoms with van der Waals surface area (Å²) in [5, 5.41) is 2.86. The molecule has 0 saturated heterocycles. The number of hydrogen-bond acceptors (Lipinski definition) is 5. The first-order valence-electron chi connectivity index (χ1n) is 9.60. The van der Waals surface area contributed by atoms with E-state index in [0.29, 0.717) is 19.1 Å². The van der Waals surface area contributed by atoms with Gasteiger partial charge in [0.2, 0.25) is 0 Å². The minimum atomic E-state index is -0.656. The number of rotatable bonds is 6. The summed E-state index contributed by atoms with van der Waals surface area (Å²) in [6, 6.07) is 5.93. The van der Waals surface area contributed by atoms with Crippen molar-refractivity contribution in [3.05, 3.63) is 29.3 Å². The van der Waals surface area contributed by atoms with Crippen LogP contribution in [0.1, 0.15) is 52.2 Å². The molecule has 1 aromatic carbocycles. The summed E-state index contributed by atoms with van der Waals surface area (Å²) in [6.45, 7) is 9.89. The second-order valence-corrected chi connectivity index (χ2v) is 7.90. The first kappa shape index (κ1) is 21.1. The fraction of sp³-hybridized carbons (Fsp3) is 0.619. The van der Waals surface area contributed by atoms with Gasteiger partial charge in [-0.05, 0) is 77.0 Å². The number of carbonyl (C=O) groups is 2. The van der Waals surface area contributed by atoms with E-state index in [4.69, 9.17) is 14.2 Å². The molecule has 0 bridgehead atoms. The van der Waals surface area contributed by atoms with Crippen LogP contribution in [0, 0.1) is 5.92 Å². The normalized spacial score (nSPS) is 17.4. The van der Waals surface area contributed by atoms with E-state index >= 15 is 0 Å². The minimum Gasteiger partial charge on any atom is -0.479 e. The van der Waals surface area contributed by atoms with Gasteiger partial charge in [-0.2, -0.15) is 0 Å². The third kappa shape index (κ3) is 6.45. The molecule has 6 nitrogen and oxygen atoms in total. The molecule has 0 spiro atoms. The first-order valence-corrected chi connectivity index (χ1v) is 9.60. The number of ether oxygens (including phenoxy) is 3. The maximum absolute atomic E-state index is 11.9. The zero-order valence-corrected chi connectivity index (χ0v) is 17.0. The lowest BCUT2D eigenvalue weighted by Gasteiger charge is -2.28. The molecule has 1 aliphatic rings. The zero-order valence-electron chi connectivity index (χ0n) is 17.0. The second-order valence-electron chi connectivity index (χ2n) is 7.90. The molecule has 1 aromatic rings. The number of hydrogen-bond donors (Lipinski definition) is 1. The van der Waals surface area contributed by atoms with E-state index in [1.807, 2.05) is 32.9 Å². The fourth-order valence-corrected chi connectivity index (χ4v) is 3.15. The molecule has 0 saturated carbocycles. The summed E-state index contributed by atoms with van der Waals surface area (Å²) in [7, 11) is 0. The van der Waals surface area contributed by atoms with E-state index in [0.717, 1.165) is 30.6 Å². The summed E-state index contributed by atoms with van der Waals surface area (Å²) in [6.07, 6.45) is 1.64. The number of nitrogens with one attached hydrogen (secondary N) is 1. The molecule has 2 atom stereocenters. The molecule has 0 aliphatic heterocycles. The van der Waals surface area contributed by atoms with Crippen LogP contribution in [0.3, 0.4) is 0 Å². The van der Waals surface area contributed by atoms with Crippen LogP contribution >= 0.6 is 0 Å². The lowest BCUT2D eigenvalue weighted by molar-refractivity contribution is -0.150. The standard InChI is InChI=1S/C21H31NO5/c1-6-25-19(23)14(2)26-18-9-7-8-16-11-10-15(12-17(16)18)13-22-20(24)27-21(3,4)5/h7-9,14-15H,6,10-13H2,1-5H3,(H,22,24)/t14-,15?/m1/s1. The summed E-state index contributed by atoms with van der Waals surface area (Å²) in [4.78, 5) is 23.7. The smallest absolute Gasteiger partial charge is 0.407 e. The molecular formula is C21H31NO5. The van der Waals surface area contributed by atoms with Gasteiger partial charge >= 0.3 is 12.1 Å². The van der Waals surface area contributed by atoms with Gasteiger partial charge in [0, 0.05) is 6.54 Å². The van der Waals surface area contributed by atoms with Crippen LogP contribution in [0.15, 0.2) is 18.2 Å². The topological polar surface area (TPSA) is 73.9 Å². The van der Waals surface area contributed by atoms with Gasteiger partial charge < -0.3 is 19.5 Å². The Balaban J connectivity index is 1.99. The Labute approximate surface area is 161 Å². The largest absolute Gasteiger partial charge is 0.479 e. The third-order valence-electron chi connectivity index (χ3n) is 4.40. The van der Waals surface area contributed by atoms with Crippen LogP contribution in [0.2, 0.25) is 0 Å². The number of benzene rings is 1. The molecular weight excluding hydrogens is 346 g/mol. The highest BCUT2D eigenvalue weighted by atomic mass is 16.6. The van der Waals surface area contributed by atoms with Crippen molar-refractivity contribution in [1.82, 2.24) is 5.32 Å². The number of fused-ring (bicyclic) bond motifs is 1. The van der Waals surface area contributed by atoms with Crippen molar-refractivity contribution in [2.24, 2.45) is 5.92 Å². The molecule has 6 heteroatoms. The highest BCUT2D eigenvalue weighted by Crippen LogP contribution is 2.33. The number of alkyl carbamates (subject to hydrolysis) is 1. The van der Waals surface area contributed by atoms with E-state index in [2.05, 4.69) is 11.4 Å². The van der Waals surface area contributed by atoms with Crippen molar-refractivity contribution in [3.63, 3.8) is 0 Å². The third-order valence-corrected chi connectivity index (χ3v) is 4.40. The quantitative estimate of drug-likeness (QED) is 0.766. The van der Waals surface area contributed by atoms with Gasteiger partial charge in [0.25, 0.3) is 0 Å². The lowest BCUT2D eigenvalue weighted by atomic mass is 9.83. The average Bonchev–Trinajstić information content (AvgIpc) is 2.59. The molecule has 1 amide bonds. The van der Waals surface area contributed by atoms with Crippen LogP contribution < -0.4 is 10.1 Å². The summed E-state index contributed by atoms with van der Waals surface area (Å²) < 4.78 is 16.2. The Morgan fingerprint density at radius 2 is 2.04 bits per heavy atom. The number of carbonyl (C=O) groups excluding carboxylic acids is 2. The highest BCUT2D eigenvalue weighted by molar-refractivity contribution is 5.74. The highest BCUT2D eigenvalue weighted by Gasteiger charge is 2.25. The predicted molar refractivity (Wildman–Crippen MR) is 103 cm³/mol. The fourth-order valence-electron chi connectivity index (χ4n) is 3.15. The van der Waals surface area contributed by atoms with Crippen LogP contribution in [0.25, 0.3) is 0 Å². The number of amides is 1. The van der Waals surface area contributed by atoms with Gasteiger partial charge in [0.1, 0.15) is 11.4 Å².